The van der Waals surface area contributed by atoms with Crippen LogP contribution in [0, 0.1) is 5.82 Å². The molecule has 2 aromatic rings. The summed E-state index contributed by atoms with van der Waals surface area (Å²) >= 11 is 3.18. The smallest absolute Gasteiger partial charge is 0.257 e. The van der Waals surface area contributed by atoms with E-state index in [4.69, 9.17) is 10.5 Å². The molecular formula is C14H12BrFN2O2. The molecule has 20 heavy (non-hydrogen) atoms. The number of methoxy groups -OCH3 is 1. The second kappa shape index (κ2) is 5.92. The molecule has 0 aliphatic heterocycles. The van der Waals surface area contributed by atoms with E-state index < -0.39 is 11.7 Å². The van der Waals surface area contributed by atoms with Gasteiger partial charge in [-0.2, -0.15) is 0 Å². The number of halogens is 2. The van der Waals surface area contributed by atoms with E-state index in [-0.39, 0.29) is 5.69 Å². The normalized spacial score (nSPS) is 10.2. The van der Waals surface area contributed by atoms with Gasteiger partial charge in [-0.05, 0) is 46.3 Å². The first-order chi connectivity index (χ1) is 9.52. The van der Waals surface area contributed by atoms with Crippen LogP contribution in [0.1, 0.15) is 10.4 Å². The fraction of sp³-hybridized carbons (Fsp3) is 0.0714. The van der Waals surface area contributed by atoms with Crippen molar-refractivity contribution in [2.75, 3.05) is 18.2 Å². The van der Waals surface area contributed by atoms with Gasteiger partial charge in [0.2, 0.25) is 0 Å². The molecule has 0 fully saturated rings. The van der Waals surface area contributed by atoms with Crippen LogP contribution in [0.3, 0.4) is 0 Å². The summed E-state index contributed by atoms with van der Waals surface area (Å²) in [5, 5.41) is 2.66. The van der Waals surface area contributed by atoms with Crippen LogP contribution >= 0.6 is 15.9 Å². The predicted molar refractivity (Wildman–Crippen MR) is 79.5 cm³/mol. The lowest BCUT2D eigenvalue weighted by Gasteiger charge is -2.11. The van der Waals surface area contributed by atoms with Crippen LogP contribution in [-0.2, 0) is 0 Å². The maximum Gasteiger partial charge on any atom is 0.257 e. The standard InChI is InChI=1S/C14H12BrFN2O2/c1-20-12-4-2-3-9(13(12)17)14(19)18-11-6-5-8(16)7-10(11)15/h2-7H,17H2,1H3,(H,18,19). The molecule has 0 saturated carbocycles. The number of nitrogens with one attached hydrogen (secondary N) is 1. The third-order valence-corrected chi connectivity index (χ3v) is 3.37. The fourth-order valence-corrected chi connectivity index (χ4v) is 2.15. The van der Waals surface area contributed by atoms with Crippen molar-refractivity contribution in [1.29, 1.82) is 0 Å². The van der Waals surface area contributed by atoms with Gasteiger partial charge in [0.1, 0.15) is 11.6 Å². The Kier molecular flexibility index (Phi) is 4.24. The zero-order chi connectivity index (χ0) is 14.7. The molecule has 2 aromatic carbocycles. The van der Waals surface area contributed by atoms with Crippen molar-refractivity contribution < 1.29 is 13.9 Å². The minimum atomic E-state index is -0.395. The van der Waals surface area contributed by atoms with E-state index >= 15 is 0 Å². The van der Waals surface area contributed by atoms with Gasteiger partial charge in [-0.25, -0.2) is 4.39 Å². The van der Waals surface area contributed by atoms with Gasteiger partial charge in [0.05, 0.1) is 24.0 Å². The number of ether oxygens (including phenoxy) is 1. The first kappa shape index (κ1) is 14.3. The topological polar surface area (TPSA) is 64.3 Å². The highest BCUT2D eigenvalue weighted by atomic mass is 79.9. The number of benzene rings is 2. The summed E-state index contributed by atoms with van der Waals surface area (Å²) in [6, 6.07) is 8.92. The minimum absolute atomic E-state index is 0.255. The molecule has 0 unspecified atom stereocenters. The summed E-state index contributed by atoms with van der Waals surface area (Å²) in [6.07, 6.45) is 0. The van der Waals surface area contributed by atoms with E-state index in [0.29, 0.717) is 21.5 Å². The highest BCUT2D eigenvalue weighted by Gasteiger charge is 2.14. The third-order valence-electron chi connectivity index (χ3n) is 2.71. The van der Waals surface area contributed by atoms with Crippen LogP contribution in [0.4, 0.5) is 15.8 Å². The number of rotatable bonds is 3. The van der Waals surface area contributed by atoms with Crippen LogP contribution in [0.2, 0.25) is 0 Å². The van der Waals surface area contributed by atoms with E-state index in [1.54, 1.807) is 18.2 Å². The molecule has 0 atom stereocenters. The Hall–Kier alpha value is -2.08. The number of amides is 1. The third kappa shape index (κ3) is 2.91. The molecule has 0 saturated heterocycles. The molecule has 0 aromatic heterocycles. The van der Waals surface area contributed by atoms with Crippen molar-refractivity contribution in [3.63, 3.8) is 0 Å². The van der Waals surface area contributed by atoms with Crippen molar-refractivity contribution in [2.24, 2.45) is 0 Å². The zero-order valence-electron chi connectivity index (χ0n) is 10.6. The van der Waals surface area contributed by atoms with E-state index in [1.807, 2.05) is 0 Å². The highest BCUT2D eigenvalue weighted by Crippen LogP contribution is 2.27. The lowest BCUT2D eigenvalue weighted by atomic mass is 10.1. The van der Waals surface area contributed by atoms with Crippen molar-refractivity contribution in [2.45, 2.75) is 0 Å². The number of nitrogen functional groups attached to an aromatic ring is 1. The quantitative estimate of drug-likeness (QED) is 0.842. The first-order valence-electron chi connectivity index (χ1n) is 5.72. The molecule has 0 radical (unpaired) electrons. The Labute approximate surface area is 123 Å². The zero-order valence-corrected chi connectivity index (χ0v) is 12.2. The number of anilines is 2. The van der Waals surface area contributed by atoms with Gasteiger partial charge in [0, 0.05) is 4.47 Å². The molecule has 104 valence electrons. The second-order valence-electron chi connectivity index (χ2n) is 4.00. The van der Waals surface area contributed by atoms with Crippen LogP contribution in [0.25, 0.3) is 0 Å². The Balaban J connectivity index is 2.28. The van der Waals surface area contributed by atoms with Crippen LogP contribution in [0.5, 0.6) is 5.75 Å². The molecule has 0 bridgehead atoms. The van der Waals surface area contributed by atoms with Gasteiger partial charge in [-0.3, -0.25) is 4.79 Å². The molecular weight excluding hydrogens is 327 g/mol. The largest absolute Gasteiger partial charge is 0.495 e. The summed E-state index contributed by atoms with van der Waals surface area (Å²) in [5.41, 5.74) is 6.86. The second-order valence-corrected chi connectivity index (χ2v) is 4.85. The maximum atomic E-state index is 13.0. The Bertz CT molecular complexity index is 662. The first-order valence-corrected chi connectivity index (χ1v) is 6.51. The van der Waals surface area contributed by atoms with Crippen LogP contribution < -0.4 is 15.8 Å². The number of para-hydroxylation sites is 1. The Morgan fingerprint density at radius 2 is 2.10 bits per heavy atom. The lowest BCUT2D eigenvalue weighted by molar-refractivity contribution is 0.102. The highest BCUT2D eigenvalue weighted by molar-refractivity contribution is 9.10. The van der Waals surface area contributed by atoms with E-state index in [1.165, 1.54) is 25.3 Å². The maximum absolute atomic E-state index is 13.0. The molecule has 0 aliphatic carbocycles. The Morgan fingerprint density at radius 1 is 1.35 bits per heavy atom. The average Bonchev–Trinajstić information content (AvgIpc) is 2.42. The number of hydrogen-bond donors (Lipinski definition) is 2. The van der Waals surface area contributed by atoms with Crippen molar-refractivity contribution in [3.8, 4) is 5.75 Å². The summed E-state index contributed by atoms with van der Waals surface area (Å²) < 4.78 is 18.5. The van der Waals surface area contributed by atoms with Gasteiger partial charge in [-0.1, -0.05) is 6.07 Å². The summed E-state index contributed by atoms with van der Waals surface area (Å²) in [7, 11) is 1.48. The van der Waals surface area contributed by atoms with E-state index in [0.717, 1.165) is 0 Å². The van der Waals surface area contributed by atoms with Crippen molar-refractivity contribution in [1.82, 2.24) is 0 Å². The lowest BCUT2D eigenvalue weighted by Crippen LogP contribution is -2.14. The number of carbonyl (C=O) groups is 1. The minimum Gasteiger partial charge on any atom is -0.495 e. The summed E-state index contributed by atoms with van der Waals surface area (Å²) in [6.45, 7) is 0. The SMILES string of the molecule is COc1cccc(C(=O)Nc2ccc(F)cc2Br)c1N. The van der Waals surface area contributed by atoms with Gasteiger partial charge in [0.25, 0.3) is 5.91 Å². The Morgan fingerprint density at radius 3 is 2.75 bits per heavy atom. The summed E-state index contributed by atoms with van der Waals surface area (Å²) in [4.78, 5) is 12.2. The molecule has 3 N–H and O–H groups in total. The van der Waals surface area contributed by atoms with Gasteiger partial charge >= 0.3 is 0 Å². The van der Waals surface area contributed by atoms with Crippen LogP contribution in [-0.4, -0.2) is 13.0 Å². The fourth-order valence-electron chi connectivity index (χ4n) is 1.70. The van der Waals surface area contributed by atoms with Crippen LogP contribution in [0.15, 0.2) is 40.9 Å². The van der Waals surface area contributed by atoms with Gasteiger partial charge in [0.15, 0.2) is 0 Å². The molecule has 6 heteroatoms. The number of hydrogen-bond acceptors (Lipinski definition) is 3. The molecule has 0 heterocycles. The molecule has 0 spiro atoms. The number of nitrogens with two attached hydrogens (primary N) is 1. The van der Waals surface area contributed by atoms with Crippen molar-refractivity contribution in [3.05, 3.63) is 52.3 Å². The predicted octanol–water partition coefficient (Wildman–Crippen LogP) is 3.43. The molecule has 0 aliphatic rings. The van der Waals surface area contributed by atoms with Gasteiger partial charge in [-0.15, -0.1) is 0 Å². The monoisotopic (exact) mass is 338 g/mol. The summed E-state index contributed by atoms with van der Waals surface area (Å²) in [5.74, 6) is -0.361. The van der Waals surface area contributed by atoms with Gasteiger partial charge < -0.3 is 15.8 Å². The molecule has 2 rings (SSSR count). The number of carbonyl (C=O) groups excluding carboxylic acids is 1. The average molecular weight is 339 g/mol. The van der Waals surface area contributed by atoms with E-state index in [9.17, 15) is 9.18 Å². The molecule has 4 nitrogen and oxygen atoms in total. The van der Waals surface area contributed by atoms with Crippen molar-refractivity contribution >= 4 is 33.2 Å². The molecule has 1 amide bonds. The van der Waals surface area contributed by atoms with E-state index in [2.05, 4.69) is 21.2 Å².